The summed E-state index contributed by atoms with van der Waals surface area (Å²) < 4.78 is 55.6. The Morgan fingerprint density at radius 1 is 1.38 bits per heavy atom. The van der Waals surface area contributed by atoms with Crippen LogP contribution in [0.4, 0.5) is 8.78 Å². The summed E-state index contributed by atoms with van der Waals surface area (Å²) in [4.78, 5) is 10.8. The number of hydrogen-bond acceptors (Lipinski definition) is 4. The van der Waals surface area contributed by atoms with E-state index in [0.29, 0.717) is 18.7 Å². The van der Waals surface area contributed by atoms with Crippen LogP contribution in [0, 0.1) is 11.6 Å². The van der Waals surface area contributed by atoms with Crippen molar-refractivity contribution >= 4 is 15.7 Å². The normalized spacial score (nSPS) is 18.7. The van der Waals surface area contributed by atoms with Gasteiger partial charge in [0.15, 0.2) is 9.84 Å². The first kappa shape index (κ1) is 15.8. The fourth-order valence-corrected chi connectivity index (χ4v) is 3.31. The van der Waals surface area contributed by atoms with Gasteiger partial charge in [-0.1, -0.05) is 0 Å². The fourth-order valence-electron chi connectivity index (χ4n) is 2.05. The number of nitrogens with one attached hydrogen (secondary N) is 1. The molecule has 0 unspecified atom stereocenters. The Hall–Kier alpha value is -1.54. The molecule has 1 N–H and O–H groups in total. The standard InChI is InChI=1S/C13H15F2NO4S/c14-9-3-4-11(15)12(6-9)21(18,19)8-13(17)16-7-10-2-1-5-20-10/h3-4,6,10H,1-2,5,7-8H2,(H,16,17)/t10-/m0/s1. The minimum atomic E-state index is -4.23. The Kier molecular flexibility index (Phi) is 4.89. The number of rotatable bonds is 5. The zero-order valence-electron chi connectivity index (χ0n) is 11.1. The number of carbonyl (C=O) groups is 1. The number of sulfone groups is 1. The molecule has 1 atom stereocenters. The lowest BCUT2D eigenvalue weighted by molar-refractivity contribution is -0.119. The van der Waals surface area contributed by atoms with Crippen molar-refractivity contribution in [2.75, 3.05) is 18.9 Å². The van der Waals surface area contributed by atoms with Crippen LogP contribution in [0.5, 0.6) is 0 Å². The summed E-state index contributed by atoms with van der Waals surface area (Å²) in [5.74, 6) is -3.66. The van der Waals surface area contributed by atoms with Gasteiger partial charge in [0.2, 0.25) is 5.91 Å². The predicted octanol–water partition coefficient (Wildman–Crippen LogP) is 1.03. The van der Waals surface area contributed by atoms with E-state index in [1.165, 1.54) is 0 Å². The van der Waals surface area contributed by atoms with Gasteiger partial charge in [-0.3, -0.25) is 4.79 Å². The molecule has 0 aromatic heterocycles. The Bertz CT molecular complexity index is 627. The number of benzene rings is 1. The van der Waals surface area contributed by atoms with Gasteiger partial charge >= 0.3 is 0 Å². The van der Waals surface area contributed by atoms with Gasteiger partial charge in [0.1, 0.15) is 22.3 Å². The average molecular weight is 319 g/mol. The number of carbonyl (C=O) groups excluding carboxylic acids is 1. The molecular formula is C13H15F2NO4S. The molecular weight excluding hydrogens is 304 g/mol. The first-order valence-electron chi connectivity index (χ1n) is 6.44. The largest absolute Gasteiger partial charge is 0.376 e. The highest BCUT2D eigenvalue weighted by Gasteiger charge is 2.24. The average Bonchev–Trinajstić information content (AvgIpc) is 2.92. The molecule has 1 aliphatic rings. The lowest BCUT2D eigenvalue weighted by Gasteiger charge is -2.11. The Morgan fingerprint density at radius 3 is 2.81 bits per heavy atom. The molecule has 1 aromatic rings. The number of ether oxygens (including phenoxy) is 1. The summed E-state index contributed by atoms with van der Waals surface area (Å²) in [6.07, 6.45) is 1.57. The lowest BCUT2D eigenvalue weighted by atomic mass is 10.2. The molecule has 116 valence electrons. The van der Waals surface area contributed by atoms with E-state index in [9.17, 15) is 22.0 Å². The van der Waals surface area contributed by atoms with Gasteiger partial charge in [-0.15, -0.1) is 0 Å². The lowest BCUT2D eigenvalue weighted by Crippen LogP contribution is -2.36. The SMILES string of the molecule is O=C(CS(=O)(=O)c1cc(F)ccc1F)NC[C@@H]1CCCO1. The van der Waals surface area contributed by atoms with Crippen LogP contribution in [0.25, 0.3) is 0 Å². The highest BCUT2D eigenvalue weighted by Crippen LogP contribution is 2.17. The molecule has 0 bridgehead atoms. The summed E-state index contributed by atoms with van der Waals surface area (Å²) in [7, 11) is -4.23. The van der Waals surface area contributed by atoms with Gasteiger partial charge in [-0.05, 0) is 31.0 Å². The Balaban J connectivity index is 1.99. The molecule has 5 nitrogen and oxygen atoms in total. The molecule has 1 aromatic carbocycles. The molecule has 2 rings (SSSR count). The summed E-state index contributed by atoms with van der Waals surface area (Å²) in [5.41, 5.74) is 0. The van der Waals surface area contributed by atoms with Crippen molar-refractivity contribution in [1.29, 1.82) is 0 Å². The smallest absolute Gasteiger partial charge is 0.235 e. The molecule has 1 amide bonds. The molecule has 0 radical (unpaired) electrons. The third kappa shape index (κ3) is 4.21. The van der Waals surface area contributed by atoms with Crippen molar-refractivity contribution < 1.29 is 26.7 Å². The van der Waals surface area contributed by atoms with Crippen LogP contribution in [0.1, 0.15) is 12.8 Å². The van der Waals surface area contributed by atoms with Crippen molar-refractivity contribution in [2.45, 2.75) is 23.8 Å². The van der Waals surface area contributed by atoms with Gasteiger partial charge in [-0.2, -0.15) is 0 Å². The second kappa shape index (κ2) is 6.48. The zero-order chi connectivity index (χ0) is 15.5. The van der Waals surface area contributed by atoms with Crippen molar-refractivity contribution in [3.63, 3.8) is 0 Å². The van der Waals surface area contributed by atoms with Crippen molar-refractivity contribution in [3.05, 3.63) is 29.8 Å². The third-order valence-electron chi connectivity index (χ3n) is 3.10. The van der Waals surface area contributed by atoms with Crippen LogP contribution >= 0.6 is 0 Å². The Morgan fingerprint density at radius 2 is 2.14 bits per heavy atom. The predicted molar refractivity (Wildman–Crippen MR) is 70.4 cm³/mol. The van der Waals surface area contributed by atoms with Gasteiger partial charge in [0.05, 0.1) is 6.10 Å². The van der Waals surface area contributed by atoms with Crippen molar-refractivity contribution in [2.24, 2.45) is 0 Å². The molecule has 1 aliphatic heterocycles. The number of halogens is 2. The van der Waals surface area contributed by atoms with Gasteiger partial charge < -0.3 is 10.1 Å². The maximum atomic E-state index is 13.4. The maximum absolute atomic E-state index is 13.4. The maximum Gasteiger partial charge on any atom is 0.235 e. The van der Waals surface area contributed by atoms with Crippen molar-refractivity contribution in [1.82, 2.24) is 5.32 Å². The Labute approximate surface area is 121 Å². The molecule has 0 spiro atoms. The van der Waals surface area contributed by atoms with E-state index in [0.717, 1.165) is 18.9 Å². The van der Waals surface area contributed by atoms with E-state index in [1.807, 2.05) is 0 Å². The van der Waals surface area contributed by atoms with E-state index >= 15 is 0 Å². The van der Waals surface area contributed by atoms with Crippen LogP contribution in [-0.4, -0.2) is 39.3 Å². The molecule has 1 fully saturated rings. The third-order valence-corrected chi connectivity index (χ3v) is 4.73. The van der Waals surface area contributed by atoms with Crippen LogP contribution < -0.4 is 5.32 Å². The van der Waals surface area contributed by atoms with Gasteiger partial charge in [0.25, 0.3) is 0 Å². The van der Waals surface area contributed by atoms with Crippen LogP contribution in [-0.2, 0) is 19.4 Å². The molecule has 1 heterocycles. The van der Waals surface area contributed by atoms with E-state index in [1.54, 1.807) is 0 Å². The van der Waals surface area contributed by atoms with E-state index in [4.69, 9.17) is 4.74 Å². The summed E-state index contributed by atoms with van der Waals surface area (Å²) in [6, 6.07) is 2.09. The van der Waals surface area contributed by atoms with Crippen LogP contribution in [0.2, 0.25) is 0 Å². The highest BCUT2D eigenvalue weighted by molar-refractivity contribution is 7.92. The van der Waals surface area contributed by atoms with Gasteiger partial charge in [-0.25, -0.2) is 17.2 Å². The molecule has 0 aliphatic carbocycles. The number of amides is 1. The fraction of sp³-hybridized carbons (Fsp3) is 0.462. The highest BCUT2D eigenvalue weighted by atomic mass is 32.2. The molecule has 21 heavy (non-hydrogen) atoms. The minimum Gasteiger partial charge on any atom is -0.376 e. The van der Waals surface area contributed by atoms with Gasteiger partial charge in [0, 0.05) is 13.2 Å². The topological polar surface area (TPSA) is 72.5 Å². The van der Waals surface area contributed by atoms with E-state index in [-0.39, 0.29) is 12.6 Å². The van der Waals surface area contributed by atoms with Crippen LogP contribution in [0.3, 0.4) is 0 Å². The summed E-state index contributed by atoms with van der Waals surface area (Å²) in [6.45, 7) is 0.827. The monoisotopic (exact) mass is 319 g/mol. The van der Waals surface area contributed by atoms with Crippen LogP contribution in [0.15, 0.2) is 23.1 Å². The van der Waals surface area contributed by atoms with Crippen molar-refractivity contribution in [3.8, 4) is 0 Å². The summed E-state index contributed by atoms with van der Waals surface area (Å²) in [5, 5.41) is 2.43. The zero-order valence-corrected chi connectivity index (χ0v) is 12.0. The second-order valence-corrected chi connectivity index (χ2v) is 6.73. The number of hydrogen-bond donors (Lipinski definition) is 1. The molecule has 0 saturated carbocycles. The van der Waals surface area contributed by atoms with E-state index < -0.39 is 38.0 Å². The molecule has 1 saturated heterocycles. The minimum absolute atomic E-state index is 0.123. The quantitative estimate of drug-likeness (QED) is 0.880. The first-order chi connectivity index (χ1) is 9.88. The molecule has 8 heteroatoms. The second-order valence-electron chi connectivity index (χ2n) is 4.77. The first-order valence-corrected chi connectivity index (χ1v) is 8.10. The van der Waals surface area contributed by atoms with E-state index in [2.05, 4.69) is 5.32 Å². The summed E-state index contributed by atoms with van der Waals surface area (Å²) >= 11 is 0.